The van der Waals surface area contributed by atoms with Crippen molar-refractivity contribution in [3.63, 3.8) is 0 Å². The van der Waals surface area contributed by atoms with Gasteiger partial charge >= 0.3 is 0 Å². The van der Waals surface area contributed by atoms with Crippen molar-refractivity contribution in [2.45, 2.75) is 44.0 Å². The van der Waals surface area contributed by atoms with Gasteiger partial charge < -0.3 is 10.3 Å². The molecule has 2 aromatic carbocycles. The Morgan fingerprint density at radius 3 is 2.60 bits per heavy atom. The van der Waals surface area contributed by atoms with Crippen molar-refractivity contribution in [2.24, 2.45) is 0 Å². The number of amides is 1. The monoisotopic (exact) mass is 426 g/mol. The van der Waals surface area contributed by atoms with E-state index in [1.165, 1.54) is 10.4 Å². The van der Waals surface area contributed by atoms with Crippen molar-refractivity contribution >= 4 is 27.0 Å². The van der Waals surface area contributed by atoms with Gasteiger partial charge in [0.05, 0.1) is 22.0 Å². The second-order valence-electron chi connectivity index (χ2n) is 7.78. The maximum absolute atomic E-state index is 13.1. The van der Waals surface area contributed by atoms with E-state index in [1.54, 1.807) is 19.1 Å². The first-order valence-electron chi connectivity index (χ1n) is 10.2. The number of benzene rings is 2. The number of aromatic amines is 1. The summed E-state index contributed by atoms with van der Waals surface area (Å²) in [4.78, 5) is 20.8. The summed E-state index contributed by atoms with van der Waals surface area (Å²) in [7, 11) is -3.61. The summed E-state index contributed by atoms with van der Waals surface area (Å²) in [5, 5.41) is 2.91. The fraction of sp³-hybridized carbons (Fsp3) is 0.364. The van der Waals surface area contributed by atoms with E-state index < -0.39 is 10.0 Å². The molecule has 1 atom stereocenters. The minimum absolute atomic E-state index is 0.202. The van der Waals surface area contributed by atoms with Gasteiger partial charge in [0.2, 0.25) is 10.0 Å². The number of aryl methyl sites for hydroxylation is 1. The van der Waals surface area contributed by atoms with Crippen molar-refractivity contribution < 1.29 is 13.2 Å². The van der Waals surface area contributed by atoms with Crippen LogP contribution in [0.15, 0.2) is 47.4 Å². The first-order chi connectivity index (χ1) is 14.4. The Kier molecular flexibility index (Phi) is 5.62. The van der Waals surface area contributed by atoms with E-state index in [-0.39, 0.29) is 16.8 Å². The van der Waals surface area contributed by atoms with Crippen LogP contribution >= 0.6 is 0 Å². The van der Waals surface area contributed by atoms with Crippen molar-refractivity contribution in [3.05, 3.63) is 59.4 Å². The Balaban J connectivity index is 1.56. The van der Waals surface area contributed by atoms with Gasteiger partial charge in [-0.2, -0.15) is 4.31 Å². The average Bonchev–Trinajstić information content (AvgIpc) is 3.19. The van der Waals surface area contributed by atoms with Crippen LogP contribution in [0, 0.1) is 6.92 Å². The predicted octanol–water partition coefficient (Wildman–Crippen LogP) is 3.54. The van der Waals surface area contributed by atoms with Gasteiger partial charge in [-0.1, -0.05) is 24.6 Å². The molecule has 0 aliphatic carbocycles. The van der Waals surface area contributed by atoms with Gasteiger partial charge in [-0.25, -0.2) is 13.4 Å². The van der Waals surface area contributed by atoms with Gasteiger partial charge in [-0.05, 0) is 56.5 Å². The summed E-state index contributed by atoms with van der Waals surface area (Å²) in [5.74, 6) is 0.316. The quantitative estimate of drug-likeness (QED) is 0.652. The molecule has 0 saturated carbocycles. The minimum atomic E-state index is -3.61. The maximum atomic E-state index is 13.1. The van der Waals surface area contributed by atoms with Crippen LogP contribution in [-0.2, 0) is 10.0 Å². The number of carbonyl (C=O) groups is 1. The molecule has 8 heteroatoms. The molecule has 1 aromatic heterocycles. The van der Waals surface area contributed by atoms with Crippen LogP contribution in [0.1, 0.15) is 54.0 Å². The molecule has 1 aliphatic heterocycles. The number of hydrogen-bond donors (Lipinski definition) is 2. The molecule has 2 N–H and O–H groups in total. The lowest BCUT2D eigenvalue weighted by Crippen LogP contribution is -2.36. The third-order valence-electron chi connectivity index (χ3n) is 5.55. The number of imidazole rings is 1. The highest BCUT2D eigenvalue weighted by molar-refractivity contribution is 7.89. The lowest BCUT2D eigenvalue weighted by Gasteiger charge is -2.26. The number of carbonyl (C=O) groups excluding carboxylic acids is 1. The number of sulfonamides is 1. The zero-order valence-corrected chi connectivity index (χ0v) is 18.0. The highest BCUT2D eigenvalue weighted by Gasteiger charge is 2.28. The topological polar surface area (TPSA) is 95.2 Å². The summed E-state index contributed by atoms with van der Waals surface area (Å²) < 4.78 is 27.7. The molecular weight excluding hydrogens is 400 g/mol. The van der Waals surface area contributed by atoms with Gasteiger partial charge in [-0.15, -0.1) is 0 Å². The van der Waals surface area contributed by atoms with Crippen LogP contribution < -0.4 is 5.32 Å². The van der Waals surface area contributed by atoms with Crippen LogP contribution in [0.25, 0.3) is 11.0 Å². The molecular formula is C22H26N4O3S. The lowest BCUT2D eigenvalue weighted by atomic mass is 10.1. The zero-order chi connectivity index (χ0) is 21.3. The summed E-state index contributed by atoms with van der Waals surface area (Å²) in [6.07, 6.45) is 2.79. The number of nitrogens with one attached hydrogen (secondary N) is 2. The molecule has 1 amide bonds. The first-order valence-corrected chi connectivity index (χ1v) is 11.7. The standard InChI is InChI=1S/C22H26N4O3S/c1-15-10-11-17(14-20(15)30(28,29)26-12-6-3-7-13-26)22(27)23-16(2)21-24-18-8-4-5-9-19(18)25-21/h4-5,8-11,14,16H,3,6-7,12-13H2,1-2H3,(H,23,27)(H,24,25). The van der Waals surface area contributed by atoms with E-state index in [1.807, 2.05) is 31.2 Å². The summed E-state index contributed by atoms with van der Waals surface area (Å²) in [6.45, 7) is 4.66. The van der Waals surface area contributed by atoms with Gasteiger partial charge in [0, 0.05) is 18.7 Å². The molecule has 1 saturated heterocycles. The van der Waals surface area contributed by atoms with Crippen LogP contribution in [0.3, 0.4) is 0 Å². The van der Waals surface area contributed by atoms with E-state index in [0.717, 1.165) is 30.3 Å². The van der Waals surface area contributed by atoms with Gasteiger partial charge in [0.25, 0.3) is 5.91 Å². The molecule has 0 radical (unpaired) electrons. The molecule has 3 aromatic rings. The smallest absolute Gasteiger partial charge is 0.251 e. The SMILES string of the molecule is Cc1ccc(C(=O)NC(C)c2nc3ccccc3[nH]2)cc1S(=O)(=O)N1CCCCC1. The Labute approximate surface area is 176 Å². The number of piperidine rings is 1. The van der Waals surface area contributed by atoms with Crippen molar-refractivity contribution in [3.8, 4) is 0 Å². The minimum Gasteiger partial charge on any atom is -0.342 e. The molecule has 0 bridgehead atoms. The Hall–Kier alpha value is -2.71. The number of hydrogen-bond acceptors (Lipinski definition) is 4. The Morgan fingerprint density at radius 1 is 1.13 bits per heavy atom. The highest BCUT2D eigenvalue weighted by Crippen LogP contribution is 2.25. The fourth-order valence-corrected chi connectivity index (χ4v) is 5.56. The van der Waals surface area contributed by atoms with E-state index in [4.69, 9.17) is 0 Å². The van der Waals surface area contributed by atoms with Gasteiger partial charge in [0.15, 0.2) is 0 Å². The molecule has 0 spiro atoms. The van der Waals surface area contributed by atoms with Crippen molar-refractivity contribution in [2.75, 3.05) is 13.1 Å². The van der Waals surface area contributed by atoms with Crippen LogP contribution in [0.4, 0.5) is 0 Å². The van der Waals surface area contributed by atoms with Gasteiger partial charge in [-0.3, -0.25) is 4.79 Å². The Morgan fingerprint density at radius 2 is 1.87 bits per heavy atom. The molecule has 1 aliphatic rings. The maximum Gasteiger partial charge on any atom is 0.251 e. The first kappa shape index (κ1) is 20.6. The summed E-state index contributed by atoms with van der Waals surface area (Å²) >= 11 is 0. The third-order valence-corrected chi connectivity index (χ3v) is 7.59. The number of fused-ring (bicyclic) bond motifs is 1. The number of H-pyrrole nitrogens is 1. The molecule has 158 valence electrons. The predicted molar refractivity (Wildman–Crippen MR) is 116 cm³/mol. The van der Waals surface area contributed by atoms with E-state index in [9.17, 15) is 13.2 Å². The normalized spacial score (nSPS) is 16.5. The van der Waals surface area contributed by atoms with Crippen molar-refractivity contribution in [1.82, 2.24) is 19.6 Å². The summed E-state index contributed by atoms with van der Waals surface area (Å²) in [5.41, 5.74) is 2.69. The molecule has 2 heterocycles. The van der Waals surface area contributed by atoms with Crippen LogP contribution in [-0.4, -0.2) is 41.7 Å². The third kappa shape index (κ3) is 3.97. The van der Waals surface area contributed by atoms with E-state index in [2.05, 4.69) is 15.3 Å². The highest BCUT2D eigenvalue weighted by atomic mass is 32.2. The zero-order valence-electron chi connectivity index (χ0n) is 17.2. The number of rotatable bonds is 5. The van der Waals surface area contributed by atoms with Crippen molar-refractivity contribution in [1.29, 1.82) is 0 Å². The fourth-order valence-electron chi connectivity index (χ4n) is 3.79. The second-order valence-corrected chi connectivity index (χ2v) is 9.69. The number of nitrogens with zero attached hydrogens (tertiary/aromatic N) is 2. The van der Waals surface area contributed by atoms with Crippen LogP contribution in [0.2, 0.25) is 0 Å². The molecule has 7 nitrogen and oxygen atoms in total. The average molecular weight is 427 g/mol. The molecule has 30 heavy (non-hydrogen) atoms. The molecule has 1 unspecified atom stereocenters. The second kappa shape index (κ2) is 8.20. The van der Waals surface area contributed by atoms with E-state index in [0.29, 0.717) is 30.0 Å². The largest absolute Gasteiger partial charge is 0.342 e. The van der Waals surface area contributed by atoms with E-state index >= 15 is 0 Å². The molecule has 1 fully saturated rings. The van der Waals surface area contributed by atoms with Crippen LogP contribution in [0.5, 0.6) is 0 Å². The number of para-hydroxylation sites is 2. The van der Waals surface area contributed by atoms with Gasteiger partial charge in [0.1, 0.15) is 5.82 Å². The molecule has 4 rings (SSSR count). The lowest BCUT2D eigenvalue weighted by molar-refractivity contribution is 0.0938. The Bertz CT molecular complexity index is 1150. The summed E-state index contributed by atoms with van der Waals surface area (Å²) in [6, 6.07) is 12.1. The number of aromatic nitrogens is 2.